The lowest BCUT2D eigenvalue weighted by Crippen LogP contribution is -2.12. The number of para-hydroxylation sites is 1. The van der Waals surface area contributed by atoms with Gasteiger partial charge in [0.25, 0.3) is 0 Å². The van der Waals surface area contributed by atoms with Gasteiger partial charge in [-0.1, -0.05) is 127 Å². The number of fused-ring (bicyclic) bond motifs is 5. The van der Waals surface area contributed by atoms with E-state index >= 15 is 0 Å². The lowest BCUT2D eigenvalue weighted by Gasteiger charge is -2.19. The second kappa shape index (κ2) is 10.4. The maximum Gasteiger partial charge on any atom is 0.163 e. The lowest BCUT2D eigenvalue weighted by molar-refractivity contribution is 0.669. The van der Waals surface area contributed by atoms with E-state index in [0.29, 0.717) is 11.6 Å². The van der Waals surface area contributed by atoms with E-state index in [1.54, 1.807) is 0 Å². The van der Waals surface area contributed by atoms with Crippen LogP contribution >= 0.6 is 0 Å². The Morgan fingerprint density at radius 2 is 1.27 bits per heavy atom. The smallest absolute Gasteiger partial charge is 0.163 e. The highest BCUT2D eigenvalue weighted by Crippen LogP contribution is 2.37. The first-order valence-electron chi connectivity index (χ1n) is 15.3. The summed E-state index contributed by atoms with van der Waals surface area (Å²) in [5.41, 5.74) is 8.55. The Labute approximate surface area is 260 Å². The summed E-state index contributed by atoms with van der Waals surface area (Å²) in [7, 11) is 0. The van der Waals surface area contributed by atoms with Crippen LogP contribution in [0.25, 0.3) is 72.7 Å². The molecule has 1 aliphatic carbocycles. The molecule has 0 spiro atoms. The summed E-state index contributed by atoms with van der Waals surface area (Å²) in [6, 6.07) is 46.3. The molecule has 9 rings (SSSR count). The largest absolute Gasteiger partial charge is 0.456 e. The molecule has 4 heteroatoms. The van der Waals surface area contributed by atoms with Gasteiger partial charge in [-0.25, -0.2) is 15.0 Å². The number of benzene rings is 6. The molecule has 0 radical (unpaired) electrons. The summed E-state index contributed by atoms with van der Waals surface area (Å²) in [5, 5.41) is 4.61. The van der Waals surface area contributed by atoms with E-state index in [4.69, 9.17) is 19.4 Å². The minimum Gasteiger partial charge on any atom is -0.456 e. The standard InChI is InChI=1S/C41H27N3O/c1-3-10-30-24-32(22-16-26(30)8-1)40-42-39(43-41(44-40)33-23-17-27-9-2-4-11-31(27)25-33)29-20-18-28(19-21-29)34-13-7-15-37-38(34)35-12-5-6-14-36(35)45-37/h1-24,33H,25H2. The Bertz CT molecular complexity index is 2420. The van der Waals surface area contributed by atoms with Gasteiger partial charge >= 0.3 is 0 Å². The maximum atomic E-state index is 6.15. The Kier molecular flexibility index (Phi) is 5.91. The van der Waals surface area contributed by atoms with Crippen molar-refractivity contribution in [1.82, 2.24) is 15.0 Å². The highest BCUT2D eigenvalue weighted by atomic mass is 16.3. The SMILES string of the molecule is C1=CC(c2nc(-c3ccc(-c4cccc5oc6ccccc6c45)cc3)nc(-c3ccc4ccccc4c3)n2)Cc2ccccc21. The predicted octanol–water partition coefficient (Wildman–Crippen LogP) is 10.3. The molecule has 4 nitrogen and oxygen atoms in total. The average Bonchev–Trinajstić information content (AvgIpc) is 3.50. The zero-order valence-electron chi connectivity index (χ0n) is 24.4. The van der Waals surface area contributed by atoms with Crippen LogP contribution in [0.15, 0.2) is 144 Å². The van der Waals surface area contributed by atoms with Gasteiger partial charge in [0.1, 0.15) is 17.0 Å². The van der Waals surface area contributed by atoms with E-state index in [-0.39, 0.29) is 5.92 Å². The first kappa shape index (κ1) is 25.6. The molecule has 0 amide bonds. The maximum absolute atomic E-state index is 6.15. The Morgan fingerprint density at radius 1 is 0.556 bits per heavy atom. The topological polar surface area (TPSA) is 51.8 Å². The normalized spacial score (nSPS) is 14.3. The van der Waals surface area contributed by atoms with E-state index in [9.17, 15) is 0 Å². The molecule has 0 aliphatic heterocycles. The van der Waals surface area contributed by atoms with Crippen molar-refractivity contribution in [2.75, 3.05) is 0 Å². The zero-order chi connectivity index (χ0) is 29.7. The fraction of sp³-hybridized carbons (Fsp3) is 0.0488. The number of aromatic nitrogens is 3. The molecule has 0 fully saturated rings. The molecule has 8 aromatic rings. The van der Waals surface area contributed by atoms with Crippen molar-refractivity contribution < 1.29 is 4.42 Å². The molecule has 0 bridgehead atoms. The van der Waals surface area contributed by atoms with Crippen LogP contribution in [-0.4, -0.2) is 15.0 Å². The van der Waals surface area contributed by atoms with Gasteiger partial charge in [-0.2, -0.15) is 0 Å². The van der Waals surface area contributed by atoms with E-state index < -0.39 is 0 Å². The van der Waals surface area contributed by atoms with Crippen LogP contribution in [0.1, 0.15) is 22.9 Å². The average molecular weight is 578 g/mol. The summed E-state index contributed by atoms with van der Waals surface area (Å²) in [5.74, 6) is 2.21. The molecular weight excluding hydrogens is 550 g/mol. The summed E-state index contributed by atoms with van der Waals surface area (Å²) in [4.78, 5) is 15.2. The predicted molar refractivity (Wildman–Crippen MR) is 183 cm³/mol. The van der Waals surface area contributed by atoms with E-state index in [0.717, 1.165) is 61.8 Å². The highest BCUT2D eigenvalue weighted by molar-refractivity contribution is 6.12. The number of hydrogen-bond acceptors (Lipinski definition) is 4. The van der Waals surface area contributed by atoms with Crippen molar-refractivity contribution in [2.24, 2.45) is 0 Å². The van der Waals surface area contributed by atoms with Crippen LogP contribution in [-0.2, 0) is 6.42 Å². The second-order valence-electron chi connectivity index (χ2n) is 11.6. The number of allylic oxidation sites excluding steroid dienone is 1. The molecule has 1 atom stereocenters. The van der Waals surface area contributed by atoms with Gasteiger partial charge in [0.15, 0.2) is 11.6 Å². The molecule has 2 aromatic heterocycles. The lowest BCUT2D eigenvalue weighted by atomic mass is 9.89. The zero-order valence-corrected chi connectivity index (χ0v) is 24.4. The number of rotatable bonds is 4. The molecule has 0 saturated carbocycles. The molecule has 1 unspecified atom stereocenters. The minimum atomic E-state index is 0.0621. The highest BCUT2D eigenvalue weighted by Gasteiger charge is 2.21. The first-order valence-corrected chi connectivity index (χ1v) is 15.3. The summed E-state index contributed by atoms with van der Waals surface area (Å²) in [6.45, 7) is 0. The second-order valence-corrected chi connectivity index (χ2v) is 11.6. The van der Waals surface area contributed by atoms with Gasteiger partial charge < -0.3 is 4.42 Å². The van der Waals surface area contributed by atoms with Crippen molar-refractivity contribution in [1.29, 1.82) is 0 Å². The summed E-state index contributed by atoms with van der Waals surface area (Å²) in [6.07, 6.45) is 5.27. The molecule has 212 valence electrons. The summed E-state index contributed by atoms with van der Waals surface area (Å²) < 4.78 is 6.15. The Hall–Kier alpha value is -5.87. The molecule has 1 aliphatic rings. The van der Waals surface area contributed by atoms with Gasteiger partial charge in [0.2, 0.25) is 0 Å². The third-order valence-electron chi connectivity index (χ3n) is 8.85. The van der Waals surface area contributed by atoms with Crippen LogP contribution < -0.4 is 0 Å². The summed E-state index contributed by atoms with van der Waals surface area (Å²) >= 11 is 0. The minimum absolute atomic E-state index is 0.0621. The Balaban J connectivity index is 1.15. The fourth-order valence-corrected chi connectivity index (χ4v) is 6.54. The molecule has 6 aromatic carbocycles. The van der Waals surface area contributed by atoms with Crippen LogP contribution in [0, 0.1) is 0 Å². The molecule has 0 saturated heterocycles. The van der Waals surface area contributed by atoms with E-state index in [1.165, 1.54) is 16.5 Å². The monoisotopic (exact) mass is 577 g/mol. The van der Waals surface area contributed by atoms with Crippen molar-refractivity contribution in [3.8, 4) is 33.9 Å². The molecular formula is C41H27N3O. The number of furan rings is 1. The van der Waals surface area contributed by atoms with Crippen LogP contribution in [0.2, 0.25) is 0 Å². The van der Waals surface area contributed by atoms with Gasteiger partial charge in [-0.15, -0.1) is 0 Å². The van der Waals surface area contributed by atoms with Crippen molar-refractivity contribution in [2.45, 2.75) is 12.3 Å². The quantitative estimate of drug-likeness (QED) is 0.209. The third-order valence-corrected chi connectivity index (χ3v) is 8.85. The van der Waals surface area contributed by atoms with Crippen LogP contribution in [0.5, 0.6) is 0 Å². The fourth-order valence-electron chi connectivity index (χ4n) is 6.54. The van der Waals surface area contributed by atoms with Gasteiger partial charge in [-0.3, -0.25) is 0 Å². The van der Waals surface area contributed by atoms with E-state index in [1.807, 2.05) is 18.2 Å². The van der Waals surface area contributed by atoms with Gasteiger partial charge in [0, 0.05) is 27.8 Å². The molecule has 0 N–H and O–H groups in total. The van der Waals surface area contributed by atoms with Crippen molar-refractivity contribution in [3.05, 3.63) is 156 Å². The van der Waals surface area contributed by atoms with Crippen LogP contribution in [0.3, 0.4) is 0 Å². The molecule has 2 heterocycles. The van der Waals surface area contributed by atoms with Crippen LogP contribution in [0.4, 0.5) is 0 Å². The van der Waals surface area contributed by atoms with Gasteiger partial charge in [-0.05, 0) is 57.6 Å². The van der Waals surface area contributed by atoms with Gasteiger partial charge in [0.05, 0.1) is 0 Å². The van der Waals surface area contributed by atoms with E-state index in [2.05, 4.69) is 127 Å². The molecule has 45 heavy (non-hydrogen) atoms. The number of nitrogens with zero attached hydrogens (tertiary/aromatic N) is 3. The van der Waals surface area contributed by atoms with Crippen molar-refractivity contribution in [3.63, 3.8) is 0 Å². The Morgan fingerprint density at radius 3 is 2.18 bits per heavy atom. The number of hydrogen-bond donors (Lipinski definition) is 0. The third kappa shape index (κ3) is 4.50. The van der Waals surface area contributed by atoms with Crippen molar-refractivity contribution >= 4 is 38.8 Å². The first-order chi connectivity index (χ1) is 22.3.